The number of hydrogen-bond acceptors (Lipinski definition) is 5. The number of ketones is 1. The molecule has 0 radical (unpaired) electrons. The maximum Gasteiger partial charge on any atom is 0.340 e. The average molecular weight is 369 g/mol. The fourth-order valence-electron chi connectivity index (χ4n) is 3.67. The molecule has 6 nitrogen and oxygen atoms in total. The third-order valence-corrected chi connectivity index (χ3v) is 4.99. The Morgan fingerprint density at radius 2 is 1.63 bits per heavy atom. The monoisotopic (exact) mass is 369 g/mol. The Balaban J connectivity index is 1.66. The number of piperazine rings is 1. The zero-order chi connectivity index (χ0) is 19.4. The van der Waals surface area contributed by atoms with E-state index >= 15 is 0 Å². The van der Waals surface area contributed by atoms with Crippen molar-refractivity contribution >= 4 is 17.4 Å². The Morgan fingerprint density at radius 1 is 1.00 bits per heavy atom. The fraction of sp³-hybridized carbons (Fsp3) is 0.429. The topological polar surface area (TPSA) is 65.6 Å². The van der Waals surface area contributed by atoms with Gasteiger partial charge in [0.2, 0.25) is 0 Å². The molecule has 0 aliphatic carbocycles. The molecule has 0 atom stereocenters. The van der Waals surface area contributed by atoms with Crippen molar-refractivity contribution in [2.24, 2.45) is 0 Å². The Morgan fingerprint density at radius 3 is 2.26 bits per heavy atom. The average Bonchev–Trinajstić information content (AvgIpc) is 2.97. The number of carbonyl (C=O) groups is 2. The lowest BCUT2D eigenvalue weighted by Gasteiger charge is -2.35. The molecule has 1 saturated heterocycles. The van der Waals surface area contributed by atoms with Crippen LogP contribution in [0.3, 0.4) is 0 Å². The molecular formula is C21H27N3O3. The minimum Gasteiger partial charge on any atom is -0.462 e. The second-order valence-corrected chi connectivity index (χ2v) is 6.87. The highest BCUT2D eigenvalue weighted by molar-refractivity contribution is 6.09. The summed E-state index contributed by atoms with van der Waals surface area (Å²) >= 11 is 0. The zero-order valence-electron chi connectivity index (χ0n) is 16.2. The summed E-state index contributed by atoms with van der Waals surface area (Å²) in [6.45, 7) is 9.40. The van der Waals surface area contributed by atoms with Gasteiger partial charge in [0.15, 0.2) is 5.78 Å². The molecule has 2 heterocycles. The molecule has 1 aliphatic rings. The van der Waals surface area contributed by atoms with E-state index in [4.69, 9.17) is 4.74 Å². The highest BCUT2D eigenvalue weighted by Gasteiger charge is 2.27. The van der Waals surface area contributed by atoms with Crippen molar-refractivity contribution < 1.29 is 14.3 Å². The molecule has 6 heteroatoms. The van der Waals surface area contributed by atoms with E-state index < -0.39 is 5.97 Å². The van der Waals surface area contributed by atoms with Crippen LogP contribution in [0.1, 0.15) is 39.0 Å². The summed E-state index contributed by atoms with van der Waals surface area (Å²) in [6.07, 6.45) is 0. The van der Waals surface area contributed by atoms with E-state index in [-0.39, 0.29) is 12.4 Å². The van der Waals surface area contributed by atoms with Gasteiger partial charge in [0, 0.05) is 43.3 Å². The van der Waals surface area contributed by atoms with Crippen molar-refractivity contribution in [3.05, 3.63) is 52.8 Å². The van der Waals surface area contributed by atoms with Crippen molar-refractivity contribution in [1.82, 2.24) is 9.88 Å². The highest BCUT2D eigenvalue weighted by Crippen LogP contribution is 2.21. The van der Waals surface area contributed by atoms with Crippen LogP contribution in [0, 0.1) is 13.8 Å². The number of ether oxygens (including phenoxy) is 1. The number of aryl methyl sites for hydroxylation is 2. The number of para-hydroxylation sites is 1. The van der Waals surface area contributed by atoms with Crippen LogP contribution >= 0.6 is 0 Å². The van der Waals surface area contributed by atoms with Gasteiger partial charge in [-0.3, -0.25) is 9.69 Å². The number of esters is 1. The first-order valence-corrected chi connectivity index (χ1v) is 9.43. The van der Waals surface area contributed by atoms with Gasteiger partial charge < -0.3 is 14.6 Å². The Bertz CT molecular complexity index is 806. The van der Waals surface area contributed by atoms with E-state index in [1.807, 2.05) is 25.1 Å². The molecular weight excluding hydrogens is 342 g/mol. The molecule has 0 unspecified atom stereocenters. The van der Waals surface area contributed by atoms with E-state index in [1.165, 1.54) is 5.69 Å². The summed E-state index contributed by atoms with van der Waals surface area (Å²) < 4.78 is 5.13. The van der Waals surface area contributed by atoms with Crippen molar-refractivity contribution in [2.75, 3.05) is 44.2 Å². The summed E-state index contributed by atoms with van der Waals surface area (Å²) in [7, 11) is 0. The summed E-state index contributed by atoms with van der Waals surface area (Å²) in [5.74, 6) is -0.468. The maximum absolute atomic E-state index is 12.9. The van der Waals surface area contributed by atoms with Crippen molar-refractivity contribution in [3.63, 3.8) is 0 Å². The zero-order valence-corrected chi connectivity index (χ0v) is 16.2. The number of anilines is 1. The van der Waals surface area contributed by atoms with Crippen LogP contribution < -0.4 is 4.90 Å². The van der Waals surface area contributed by atoms with Gasteiger partial charge in [-0.1, -0.05) is 18.2 Å². The summed E-state index contributed by atoms with van der Waals surface area (Å²) in [6, 6.07) is 10.3. The number of aromatic amines is 1. The molecule has 1 N–H and O–H groups in total. The smallest absolute Gasteiger partial charge is 0.340 e. The number of hydrogen-bond donors (Lipinski definition) is 1. The third kappa shape index (κ3) is 4.22. The van der Waals surface area contributed by atoms with E-state index in [9.17, 15) is 9.59 Å². The quantitative estimate of drug-likeness (QED) is 0.627. The molecule has 3 rings (SSSR count). The van der Waals surface area contributed by atoms with Crippen LogP contribution in [-0.2, 0) is 4.74 Å². The van der Waals surface area contributed by atoms with Crippen LogP contribution in [0.5, 0.6) is 0 Å². The van der Waals surface area contributed by atoms with Gasteiger partial charge in [-0.05, 0) is 32.9 Å². The molecule has 144 valence electrons. The van der Waals surface area contributed by atoms with E-state index in [2.05, 4.69) is 26.9 Å². The lowest BCUT2D eigenvalue weighted by molar-refractivity contribution is 0.0522. The molecule has 2 aromatic rings. The molecule has 1 aromatic heterocycles. The van der Waals surface area contributed by atoms with Crippen LogP contribution in [0.4, 0.5) is 5.69 Å². The second kappa shape index (κ2) is 8.39. The van der Waals surface area contributed by atoms with Gasteiger partial charge >= 0.3 is 5.97 Å². The van der Waals surface area contributed by atoms with Crippen molar-refractivity contribution in [1.29, 1.82) is 0 Å². The highest BCUT2D eigenvalue weighted by atomic mass is 16.5. The molecule has 1 fully saturated rings. The molecule has 0 bridgehead atoms. The Kier molecular flexibility index (Phi) is 5.96. The van der Waals surface area contributed by atoms with Gasteiger partial charge in [0.05, 0.1) is 24.3 Å². The van der Waals surface area contributed by atoms with E-state index in [0.29, 0.717) is 23.4 Å². The van der Waals surface area contributed by atoms with Gasteiger partial charge in [-0.25, -0.2) is 4.79 Å². The molecule has 0 amide bonds. The first-order valence-electron chi connectivity index (χ1n) is 9.43. The number of Topliss-reactive ketones (excluding diaryl/α,β-unsaturated/α-hetero) is 1. The van der Waals surface area contributed by atoms with Gasteiger partial charge in [0.1, 0.15) is 0 Å². The molecule has 27 heavy (non-hydrogen) atoms. The predicted molar refractivity (Wildman–Crippen MR) is 106 cm³/mol. The van der Waals surface area contributed by atoms with Crippen LogP contribution in [-0.4, -0.2) is 61.0 Å². The Hall–Kier alpha value is -2.60. The largest absolute Gasteiger partial charge is 0.462 e. The maximum atomic E-state index is 12.9. The molecule has 0 saturated carbocycles. The Labute approximate surface area is 160 Å². The summed E-state index contributed by atoms with van der Waals surface area (Å²) in [4.78, 5) is 32.8. The van der Waals surface area contributed by atoms with Crippen LogP contribution in [0.25, 0.3) is 0 Å². The lowest BCUT2D eigenvalue weighted by atomic mass is 10.0. The van der Waals surface area contributed by atoms with Gasteiger partial charge in [0.25, 0.3) is 0 Å². The fourth-order valence-corrected chi connectivity index (χ4v) is 3.67. The number of H-pyrrole nitrogens is 1. The number of nitrogens with one attached hydrogen (secondary N) is 1. The van der Waals surface area contributed by atoms with E-state index in [0.717, 1.165) is 31.9 Å². The van der Waals surface area contributed by atoms with Crippen molar-refractivity contribution in [2.45, 2.75) is 20.8 Å². The first-order chi connectivity index (χ1) is 13.0. The normalized spacial score (nSPS) is 15.0. The number of benzene rings is 1. The minimum atomic E-state index is -0.434. The van der Waals surface area contributed by atoms with Crippen LogP contribution in [0.15, 0.2) is 30.3 Å². The summed E-state index contributed by atoms with van der Waals surface area (Å²) in [5, 5.41) is 0. The number of rotatable bonds is 6. The number of aromatic nitrogens is 1. The SMILES string of the molecule is CCOC(=O)c1c(C)[nH]c(C)c1C(=O)CN1CCN(c2ccccc2)CC1. The minimum absolute atomic E-state index is 0.0342. The van der Waals surface area contributed by atoms with Gasteiger partial charge in [-0.2, -0.15) is 0 Å². The second-order valence-electron chi connectivity index (χ2n) is 6.87. The summed E-state index contributed by atoms with van der Waals surface area (Å²) in [5.41, 5.74) is 3.47. The van der Waals surface area contributed by atoms with Crippen LogP contribution in [0.2, 0.25) is 0 Å². The first kappa shape index (κ1) is 19.2. The van der Waals surface area contributed by atoms with E-state index in [1.54, 1.807) is 13.8 Å². The molecule has 1 aromatic carbocycles. The predicted octanol–water partition coefficient (Wildman–Crippen LogP) is 2.81. The standard InChI is InChI=1S/C21H27N3O3/c1-4-27-21(26)20-16(3)22-15(2)19(20)18(25)14-23-10-12-24(13-11-23)17-8-6-5-7-9-17/h5-9,22H,4,10-14H2,1-3H3. The molecule has 0 spiro atoms. The third-order valence-electron chi connectivity index (χ3n) is 4.99. The van der Waals surface area contributed by atoms with Gasteiger partial charge in [-0.15, -0.1) is 0 Å². The number of nitrogens with zero attached hydrogens (tertiary/aromatic N) is 2. The number of carbonyl (C=O) groups excluding carboxylic acids is 2. The lowest BCUT2D eigenvalue weighted by Crippen LogP contribution is -2.48. The van der Waals surface area contributed by atoms with Crippen molar-refractivity contribution in [3.8, 4) is 0 Å². The molecule has 1 aliphatic heterocycles.